The van der Waals surface area contributed by atoms with Crippen LogP contribution in [-0.4, -0.2) is 30.5 Å². The van der Waals surface area contributed by atoms with Crippen LogP contribution in [0.1, 0.15) is 40.7 Å². The second-order valence-corrected chi connectivity index (χ2v) is 7.59. The summed E-state index contributed by atoms with van der Waals surface area (Å²) in [5.41, 5.74) is 5.77. The first-order valence-corrected chi connectivity index (χ1v) is 9.79. The number of hydrogen-bond acceptors (Lipinski definition) is 3. The van der Waals surface area contributed by atoms with Crippen LogP contribution < -0.4 is 10.1 Å². The van der Waals surface area contributed by atoms with Crippen LogP contribution in [-0.2, 0) is 17.9 Å². The average Bonchev–Trinajstić information content (AvgIpc) is 3.13. The van der Waals surface area contributed by atoms with E-state index in [1.807, 2.05) is 13.8 Å². The molecule has 0 spiro atoms. The molecule has 1 heterocycles. The van der Waals surface area contributed by atoms with Gasteiger partial charge in [-0.3, -0.25) is 9.69 Å². The Kier molecular flexibility index (Phi) is 6.51. The SMILES string of the molecule is Cc1cc(C)c(OCC(=O)NCc2ccc(CN3CCCC3)cc2)c(C)c1. The maximum atomic E-state index is 12.1. The van der Waals surface area contributed by atoms with Crippen LogP contribution in [0.4, 0.5) is 0 Å². The zero-order chi connectivity index (χ0) is 19.2. The summed E-state index contributed by atoms with van der Waals surface area (Å²) in [6.07, 6.45) is 2.63. The van der Waals surface area contributed by atoms with Crippen molar-refractivity contribution in [2.45, 2.75) is 46.7 Å². The van der Waals surface area contributed by atoms with Gasteiger partial charge in [0.15, 0.2) is 6.61 Å². The topological polar surface area (TPSA) is 41.6 Å². The molecule has 0 unspecified atom stereocenters. The molecule has 2 aromatic carbocycles. The molecule has 1 N–H and O–H groups in total. The van der Waals surface area contributed by atoms with Gasteiger partial charge in [0.05, 0.1) is 0 Å². The lowest BCUT2D eigenvalue weighted by atomic mass is 10.1. The lowest BCUT2D eigenvalue weighted by molar-refractivity contribution is -0.123. The Morgan fingerprint density at radius 1 is 1.00 bits per heavy atom. The van der Waals surface area contributed by atoms with Crippen molar-refractivity contribution in [2.75, 3.05) is 19.7 Å². The Morgan fingerprint density at radius 3 is 2.22 bits per heavy atom. The summed E-state index contributed by atoms with van der Waals surface area (Å²) in [5.74, 6) is 0.706. The van der Waals surface area contributed by atoms with Crippen LogP contribution in [0, 0.1) is 20.8 Å². The molecule has 3 rings (SSSR count). The molecule has 4 nitrogen and oxygen atoms in total. The molecule has 0 aliphatic carbocycles. The van der Waals surface area contributed by atoms with Crippen LogP contribution in [0.3, 0.4) is 0 Å². The Morgan fingerprint density at radius 2 is 1.59 bits per heavy atom. The van der Waals surface area contributed by atoms with Crippen molar-refractivity contribution in [3.8, 4) is 5.75 Å². The van der Waals surface area contributed by atoms with Crippen molar-refractivity contribution in [1.82, 2.24) is 10.2 Å². The highest BCUT2D eigenvalue weighted by Gasteiger charge is 2.12. The van der Waals surface area contributed by atoms with Crippen LogP contribution in [0.25, 0.3) is 0 Å². The van der Waals surface area contributed by atoms with Gasteiger partial charge in [-0.05, 0) is 69.0 Å². The molecule has 0 aromatic heterocycles. The summed E-state index contributed by atoms with van der Waals surface area (Å²) in [7, 11) is 0. The first kappa shape index (κ1) is 19.4. The molecule has 1 fully saturated rings. The van der Waals surface area contributed by atoms with Gasteiger partial charge in [-0.2, -0.15) is 0 Å². The maximum absolute atomic E-state index is 12.1. The fourth-order valence-corrected chi connectivity index (χ4v) is 3.75. The van der Waals surface area contributed by atoms with E-state index >= 15 is 0 Å². The smallest absolute Gasteiger partial charge is 0.258 e. The summed E-state index contributed by atoms with van der Waals surface area (Å²) in [5, 5.41) is 2.94. The van der Waals surface area contributed by atoms with Crippen molar-refractivity contribution >= 4 is 5.91 Å². The van der Waals surface area contributed by atoms with Crippen LogP contribution in [0.2, 0.25) is 0 Å². The molecule has 1 amide bonds. The minimum Gasteiger partial charge on any atom is -0.483 e. The van der Waals surface area contributed by atoms with E-state index in [1.54, 1.807) is 0 Å². The Balaban J connectivity index is 1.45. The number of carbonyl (C=O) groups is 1. The first-order chi connectivity index (χ1) is 13.0. The third-order valence-electron chi connectivity index (χ3n) is 5.07. The van der Waals surface area contributed by atoms with E-state index < -0.39 is 0 Å². The summed E-state index contributed by atoms with van der Waals surface area (Å²) >= 11 is 0. The highest BCUT2D eigenvalue weighted by atomic mass is 16.5. The van der Waals surface area contributed by atoms with Crippen molar-refractivity contribution in [3.05, 3.63) is 64.2 Å². The van der Waals surface area contributed by atoms with Gasteiger partial charge in [0, 0.05) is 13.1 Å². The van der Waals surface area contributed by atoms with Gasteiger partial charge in [0.2, 0.25) is 0 Å². The standard InChI is InChI=1S/C23H30N2O2/c1-17-12-18(2)23(19(3)13-17)27-16-22(26)24-14-20-6-8-21(9-7-20)15-25-10-4-5-11-25/h6-9,12-13H,4-5,10-11,14-16H2,1-3H3,(H,24,26). The molecule has 2 aromatic rings. The maximum Gasteiger partial charge on any atom is 0.258 e. The van der Waals surface area contributed by atoms with Crippen LogP contribution in [0.15, 0.2) is 36.4 Å². The number of amides is 1. The van der Waals surface area contributed by atoms with E-state index in [0.717, 1.165) is 29.0 Å². The van der Waals surface area contributed by atoms with Gasteiger partial charge < -0.3 is 10.1 Å². The third kappa shape index (κ3) is 5.57. The third-order valence-corrected chi connectivity index (χ3v) is 5.07. The van der Waals surface area contributed by atoms with Crippen LogP contribution >= 0.6 is 0 Å². The summed E-state index contributed by atoms with van der Waals surface area (Å²) in [6, 6.07) is 12.7. The van der Waals surface area contributed by atoms with Gasteiger partial charge in [0.1, 0.15) is 5.75 Å². The molecule has 4 heteroatoms. The highest BCUT2D eigenvalue weighted by Crippen LogP contribution is 2.24. The van der Waals surface area contributed by atoms with E-state index in [0.29, 0.717) is 6.54 Å². The van der Waals surface area contributed by atoms with Crippen molar-refractivity contribution in [3.63, 3.8) is 0 Å². The molecule has 1 saturated heterocycles. The lowest BCUT2D eigenvalue weighted by Gasteiger charge is -2.15. The number of rotatable bonds is 7. The van der Waals surface area contributed by atoms with E-state index in [4.69, 9.17) is 4.74 Å². The first-order valence-electron chi connectivity index (χ1n) is 9.79. The van der Waals surface area contributed by atoms with Crippen molar-refractivity contribution < 1.29 is 9.53 Å². The molecule has 0 saturated carbocycles. The molecule has 1 aliphatic heterocycles. The fraction of sp³-hybridized carbons (Fsp3) is 0.435. The Bertz CT molecular complexity index is 754. The molecular formula is C23H30N2O2. The van der Waals surface area contributed by atoms with Gasteiger partial charge in [-0.15, -0.1) is 0 Å². The number of nitrogens with zero attached hydrogens (tertiary/aromatic N) is 1. The highest BCUT2D eigenvalue weighted by molar-refractivity contribution is 5.77. The molecule has 0 atom stereocenters. The quantitative estimate of drug-likeness (QED) is 0.808. The predicted octanol–water partition coefficient (Wildman–Crippen LogP) is 3.90. The zero-order valence-corrected chi connectivity index (χ0v) is 16.7. The largest absolute Gasteiger partial charge is 0.483 e. The van der Waals surface area contributed by atoms with Crippen molar-refractivity contribution in [1.29, 1.82) is 0 Å². The molecular weight excluding hydrogens is 336 g/mol. The lowest BCUT2D eigenvalue weighted by Crippen LogP contribution is -2.28. The normalized spacial score (nSPS) is 14.3. The number of hydrogen-bond donors (Lipinski definition) is 1. The number of ether oxygens (including phenoxy) is 1. The number of nitrogens with one attached hydrogen (secondary N) is 1. The van der Waals surface area contributed by atoms with Crippen LogP contribution in [0.5, 0.6) is 5.75 Å². The number of likely N-dealkylation sites (tertiary alicyclic amines) is 1. The summed E-state index contributed by atoms with van der Waals surface area (Å²) in [4.78, 5) is 14.6. The van der Waals surface area contributed by atoms with Gasteiger partial charge >= 0.3 is 0 Å². The zero-order valence-electron chi connectivity index (χ0n) is 16.7. The number of benzene rings is 2. The molecule has 1 aliphatic rings. The van der Waals surface area contributed by atoms with Gasteiger partial charge in [0.25, 0.3) is 5.91 Å². The van der Waals surface area contributed by atoms with E-state index in [2.05, 4.69) is 53.5 Å². The molecule has 27 heavy (non-hydrogen) atoms. The monoisotopic (exact) mass is 366 g/mol. The Hall–Kier alpha value is -2.33. The van der Waals surface area contributed by atoms with E-state index in [9.17, 15) is 4.79 Å². The second kappa shape index (κ2) is 9.05. The van der Waals surface area contributed by atoms with E-state index in [-0.39, 0.29) is 12.5 Å². The minimum atomic E-state index is -0.101. The fourth-order valence-electron chi connectivity index (χ4n) is 3.75. The van der Waals surface area contributed by atoms with E-state index in [1.165, 1.54) is 37.1 Å². The average molecular weight is 367 g/mol. The second-order valence-electron chi connectivity index (χ2n) is 7.59. The summed E-state index contributed by atoms with van der Waals surface area (Å²) in [6.45, 7) is 10.1. The number of aryl methyl sites for hydroxylation is 3. The van der Waals surface area contributed by atoms with Gasteiger partial charge in [-0.25, -0.2) is 0 Å². The minimum absolute atomic E-state index is 0.0395. The van der Waals surface area contributed by atoms with Crippen molar-refractivity contribution in [2.24, 2.45) is 0 Å². The predicted molar refractivity (Wildman–Crippen MR) is 109 cm³/mol. The molecule has 0 radical (unpaired) electrons. The number of carbonyl (C=O) groups excluding carboxylic acids is 1. The molecule has 144 valence electrons. The summed E-state index contributed by atoms with van der Waals surface area (Å²) < 4.78 is 5.75. The van der Waals surface area contributed by atoms with Gasteiger partial charge in [-0.1, -0.05) is 42.0 Å². The Labute approximate surface area is 162 Å². The molecule has 0 bridgehead atoms.